The van der Waals surface area contributed by atoms with Gasteiger partial charge in [0.05, 0.1) is 0 Å². The van der Waals surface area contributed by atoms with Gasteiger partial charge in [0.15, 0.2) is 0 Å². The van der Waals surface area contributed by atoms with Gasteiger partial charge < -0.3 is 0 Å². The standard InChI is InChI=1S/C10H12.6CH3.2Sn/c1-7-5-9(3)10(4)6-8(7)2;;;;;;;;/h5-6H,1,4H2,2-3H3;6*1H3;;. The summed E-state index contributed by atoms with van der Waals surface area (Å²) >= 11 is -3.42. The van der Waals surface area contributed by atoms with Crippen LogP contribution >= 0.6 is 0 Å². The number of hydrogen-bond donors (Lipinski definition) is 0. The van der Waals surface area contributed by atoms with Gasteiger partial charge >= 0.3 is 123 Å². The van der Waals surface area contributed by atoms with Crippen LogP contribution in [0.1, 0.15) is 22.3 Å². The van der Waals surface area contributed by atoms with Crippen molar-refractivity contribution in [2.75, 3.05) is 0 Å². The molecule has 0 unspecified atom stereocenters. The fourth-order valence-corrected chi connectivity index (χ4v) is 11.2. The molecule has 1 aromatic carbocycles. The summed E-state index contributed by atoms with van der Waals surface area (Å²) in [6.07, 6.45) is 0. The van der Waals surface area contributed by atoms with E-state index in [9.17, 15) is 0 Å². The minimum absolute atomic E-state index is 1.39. The molecule has 0 nitrogen and oxygen atoms in total. The molecule has 102 valence electrons. The van der Waals surface area contributed by atoms with Crippen molar-refractivity contribution in [3.05, 3.63) is 34.4 Å². The first-order chi connectivity index (χ1) is 7.98. The van der Waals surface area contributed by atoms with Gasteiger partial charge in [0, 0.05) is 0 Å². The molecule has 0 N–H and O–H groups in total. The summed E-state index contributed by atoms with van der Waals surface area (Å²) in [5.41, 5.74) is 6.34. The van der Waals surface area contributed by atoms with Crippen molar-refractivity contribution >= 4 is 36.8 Å². The van der Waals surface area contributed by atoms with Gasteiger partial charge in [0.1, 0.15) is 0 Å². The van der Waals surface area contributed by atoms with Crippen LogP contribution in [0.25, 0.3) is 0 Å². The second kappa shape index (κ2) is 6.07. The van der Waals surface area contributed by atoms with Gasteiger partial charge in [-0.1, -0.05) is 0 Å². The van der Waals surface area contributed by atoms with Crippen LogP contribution in [-0.4, -0.2) is 36.8 Å². The van der Waals surface area contributed by atoms with Gasteiger partial charge in [0.25, 0.3) is 0 Å². The Hall–Kier alpha value is 0.817. The van der Waals surface area contributed by atoms with E-state index >= 15 is 0 Å². The Morgan fingerprint density at radius 3 is 1.17 bits per heavy atom. The number of aryl methyl sites for hydroxylation is 2. The van der Waals surface area contributed by atoms with Crippen molar-refractivity contribution in [3.63, 3.8) is 0 Å². The summed E-state index contributed by atoms with van der Waals surface area (Å²) in [5.74, 6) is 0. The Labute approximate surface area is 122 Å². The minimum atomic E-state index is -1.71. The molecule has 2 heteroatoms. The molecule has 1 aromatic rings. The number of rotatable bonds is 4. The first-order valence-electron chi connectivity index (χ1n) is 7.07. The first-order valence-corrected chi connectivity index (χ1v) is 28.2. The molecule has 0 amide bonds. The monoisotopic (exact) mass is 462 g/mol. The first kappa shape index (κ1) is 16.9. The van der Waals surface area contributed by atoms with Crippen molar-refractivity contribution in [2.24, 2.45) is 0 Å². The van der Waals surface area contributed by atoms with Crippen LogP contribution in [0.4, 0.5) is 0 Å². The van der Waals surface area contributed by atoms with Crippen LogP contribution < -0.4 is 0 Å². The van der Waals surface area contributed by atoms with E-state index in [2.05, 4.69) is 55.6 Å². The van der Waals surface area contributed by atoms with E-state index in [-0.39, 0.29) is 0 Å². The van der Waals surface area contributed by atoms with Gasteiger partial charge in [-0.25, -0.2) is 0 Å². The average Bonchev–Trinajstić information content (AvgIpc) is 2.08. The Morgan fingerprint density at radius 1 is 0.667 bits per heavy atom. The summed E-state index contributed by atoms with van der Waals surface area (Å²) in [6, 6.07) is 4.98. The van der Waals surface area contributed by atoms with Crippen LogP contribution in [0, 0.1) is 13.8 Å². The fourth-order valence-electron chi connectivity index (χ4n) is 2.46. The van der Waals surface area contributed by atoms with Crippen LogP contribution in [0.15, 0.2) is 12.1 Å². The second-order valence-electron chi connectivity index (χ2n) is 8.18. The summed E-state index contributed by atoms with van der Waals surface area (Å²) in [5, 5.41) is 0. The Kier molecular flexibility index (Phi) is 5.69. The van der Waals surface area contributed by atoms with Crippen LogP contribution in [0.5, 0.6) is 0 Å². The molecule has 0 aliphatic heterocycles. The Balaban J connectivity index is 3.05. The molecular weight excluding hydrogens is 430 g/mol. The predicted octanol–water partition coefficient (Wildman–Crippen LogP) is 5.14. The van der Waals surface area contributed by atoms with E-state index in [0.29, 0.717) is 0 Å². The molecule has 0 aliphatic carbocycles. The van der Waals surface area contributed by atoms with Crippen LogP contribution in [0.2, 0.25) is 29.6 Å². The van der Waals surface area contributed by atoms with Gasteiger partial charge in [0.2, 0.25) is 0 Å². The molecule has 0 fully saturated rings. The molecule has 18 heavy (non-hydrogen) atoms. The fraction of sp³-hybridized carbons (Fsp3) is 0.625. The molecular formula is C16H30Sn2. The molecule has 1 rings (SSSR count). The van der Waals surface area contributed by atoms with Crippen molar-refractivity contribution in [2.45, 2.75) is 52.4 Å². The van der Waals surface area contributed by atoms with Crippen molar-refractivity contribution in [3.8, 4) is 0 Å². The Morgan fingerprint density at radius 2 is 0.944 bits per heavy atom. The van der Waals surface area contributed by atoms with E-state index in [1.165, 1.54) is 20.0 Å². The van der Waals surface area contributed by atoms with E-state index in [1.807, 2.05) is 0 Å². The molecule has 0 atom stereocenters. The van der Waals surface area contributed by atoms with Crippen LogP contribution in [0.3, 0.4) is 0 Å². The second-order valence-corrected chi connectivity index (χ2v) is 39.4. The third kappa shape index (κ3) is 5.85. The molecule has 0 saturated carbocycles. The molecule has 0 radical (unpaired) electrons. The van der Waals surface area contributed by atoms with Gasteiger partial charge in [-0.15, -0.1) is 0 Å². The van der Waals surface area contributed by atoms with Crippen molar-refractivity contribution in [1.82, 2.24) is 0 Å². The predicted molar refractivity (Wildman–Crippen MR) is 90.0 cm³/mol. The van der Waals surface area contributed by atoms with Gasteiger partial charge in [-0.2, -0.15) is 0 Å². The zero-order valence-corrected chi connectivity index (χ0v) is 19.3. The van der Waals surface area contributed by atoms with Crippen molar-refractivity contribution in [1.29, 1.82) is 0 Å². The topological polar surface area (TPSA) is 0 Å². The van der Waals surface area contributed by atoms with Gasteiger partial charge in [-0.05, 0) is 0 Å². The van der Waals surface area contributed by atoms with E-state index in [0.717, 1.165) is 0 Å². The van der Waals surface area contributed by atoms with Gasteiger partial charge in [-0.3, -0.25) is 0 Å². The molecule has 0 aromatic heterocycles. The summed E-state index contributed by atoms with van der Waals surface area (Å²) in [6.45, 7) is 4.63. The Bertz CT molecular complexity index is 378. The number of hydrogen-bond acceptors (Lipinski definition) is 0. The molecule has 0 aliphatic rings. The third-order valence-corrected chi connectivity index (χ3v) is 11.5. The molecule has 0 bridgehead atoms. The van der Waals surface area contributed by atoms with E-state index in [1.54, 1.807) is 11.1 Å². The van der Waals surface area contributed by atoms with Crippen molar-refractivity contribution < 1.29 is 0 Å². The summed E-state index contributed by atoms with van der Waals surface area (Å²) in [7, 11) is 0. The number of benzene rings is 1. The SMILES string of the molecule is Cc1cc([CH2][Sn]([CH3])([CH3])[CH3])c(C)cc1[CH2][Sn]([CH3])([CH3])[CH3]. The quantitative estimate of drug-likeness (QED) is 0.547. The average molecular weight is 460 g/mol. The summed E-state index contributed by atoms with van der Waals surface area (Å²) < 4.78 is 2.78. The van der Waals surface area contributed by atoms with E-state index < -0.39 is 36.8 Å². The third-order valence-electron chi connectivity index (χ3n) is 3.24. The van der Waals surface area contributed by atoms with Crippen LogP contribution in [-0.2, 0) is 8.87 Å². The maximum atomic E-state index is 2.53. The normalized spacial score (nSPS) is 12.9. The molecule has 0 heterocycles. The van der Waals surface area contributed by atoms with E-state index in [4.69, 9.17) is 0 Å². The summed E-state index contributed by atoms with van der Waals surface area (Å²) in [4.78, 5) is 15.2. The molecule has 0 spiro atoms. The zero-order valence-electron chi connectivity index (χ0n) is 13.6. The molecule has 0 saturated heterocycles. The maximum absolute atomic E-state index is 2.53. The zero-order chi connectivity index (χ0) is 14.1.